The highest BCUT2D eigenvalue weighted by Crippen LogP contribution is 2.28. The van der Waals surface area contributed by atoms with Crippen molar-refractivity contribution in [1.82, 2.24) is 10.2 Å². The molecule has 0 atom stereocenters. The monoisotopic (exact) mass is 546 g/mol. The molecule has 8 heteroatoms. The van der Waals surface area contributed by atoms with Crippen molar-refractivity contribution in [3.8, 4) is 11.1 Å². The highest BCUT2D eigenvalue weighted by atomic mass is 35.5. The Labute approximate surface area is 230 Å². The first-order chi connectivity index (χ1) is 18.4. The van der Waals surface area contributed by atoms with Crippen molar-refractivity contribution < 1.29 is 19.5 Å². The Morgan fingerprint density at radius 1 is 0.816 bits per heavy atom. The third-order valence-electron chi connectivity index (χ3n) is 6.08. The Hall–Kier alpha value is -3.94. The number of aliphatic carboxylic acids is 1. The van der Waals surface area contributed by atoms with Crippen LogP contribution in [0.1, 0.15) is 37.6 Å². The molecule has 3 aromatic carbocycles. The van der Waals surface area contributed by atoms with Crippen LogP contribution in [-0.4, -0.2) is 40.9 Å². The number of thiophene rings is 1. The minimum Gasteiger partial charge on any atom is -0.481 e. The third kappa shape index (κ3) is 7.09. The number of hydrogen-bond donors (Lipinski definition) is 2. The van der Waals surface area contributed by atoms with Gasteiger partial charge in [0.15, 0.2) is 0 Å². The number of carbonyl (C=O) groups is 3. The van der Waals surface area contributed by atoms with Gasteiger partial charge in [-0.3, -0.25) is 14.4 Å². The van der Waals surface area contributed by atoms with E-state index in [0.29, 0.717) is 46.8 Å². The summed E-state index contributed by atoms with van der Waals surface area (Å²) >= 11 is 7.56. The van der Waals surface area contributed by atoms with E-state index < -0.39 is 5.97 Å². The summed E-state index contributed by atoms with van der Waals surface area (Å²) in [4.78, 5) is 41.0. The number of rotatable bonds is 11. The predicted octanol–water partition coefficient (Wildman–Crippen LogP) is 6.16. The number of nitrogens with one attached hydrogen (secondary N) is 1. The van der Waals surface area contributed by atoms with Crippen LogP contribution in [0.3, 0.4) is 0 Å². The molecule has 0 spiro atoms. The van der Waals surface area contributed by atoms with Gasteiger partial charge in [-0.05, 0) is 58.8 Å². The third-order valence-corrected chi connectivity index (χ3v) is 7.26. The van der Waals surface area contributed by atoms with Gasteiger partial charge in [-0.1, -0.05) is 66.2 Å². The minimum absolute atomic E-state index is 0.0943. The van der Waals surface area contributed by atoms with Gasteiger partial charge in [-0.25, -0.2) is 0 Å². The molecule has 194 valence electrons. The lowest BCUT2D eigenvalue weighted by Crippen LogP contribution is -2.35. The van der Waals surface area contributed by atoms with E-state index in [4.69, 9.17) is 11.6 Å². The van der Waals surface area contributed by atoms with Crippen molar-refractivity contribution in [2.75, 3.05) is 13.1 Å². The van der Waals surface area contributed by atoms with Crippen molar-refractivity contribution >= 4 is 40.7 Å². The molecule has 4 aromatic rings. The Morgan fingerprint density at radius 3 is 2.13 bits per heavy atom. The van der Waals surface area contributed by atoms with Crippen molar-refractivity contribution in [1.29, 1.82) is 0 Å². The van der Waals surface area contributed by atoms with E-state index in [1.165, 1.54) is 0 Å². The molecule has 1 heterocycles. The molecule has 6 nitrogen and oxygen atoms in total. The molecule has 0 saturated heterocycles. The maximum absolute atomic E-state index is 13.8. The normalized spacial score (nSPS) is 10.7. The van der Waals surface area contributed by atoms with Gasteiger partial charge in [0, 0.05) is 40.7 Å². The molecule has 4 rings (SSSR count). The zero-order valence-electron chi connectivity index (χ0n) is 20.6. The number of hydrogen-bond acceptors (Lipinski definition) is 4. The Balaban J connectivity index is 1.60. The van der Waals surface area contributed by atoms with E-state index >= 15 is 0 Å². The molecule has 0 saturated carbocycles. The first-order valence-electron chi connectivity index (χ1n) is 12.2. The largest absolute Gasteiger partial charge is 0.481 e. The van der Waals surface area contributed by atoms with E-state index in [0.717, 1.165) is 10.4 Å². The standard InChI is InChI=1S/C30H27ClN2O4S/c31-22-13-11-21(12-14-22)20-32-29(36)26-9-3-1-7-24(26)25-8-2-4-10-27(25)30(37)33(18-16-28(34)35)17-15-23-6-5-19-38-23/h1-14,19H,15-18,20H2,(H,32,36)(H,34,35). The number of carbonyl (C=O) groups excluding carboxylic acids is 2. The number of benzene rings is 3. The molecule has 0 aliphatic rings. The number of carboxylic acid groups (broad SMARTS) is 1. The molecular formula is C30H27ClN2O4S. The SMILES string of the molecule is O=C(O)CCN(CCc1cccs1)C(=O)c1ccccc1-c1ccccc1C(=O)NCc1ccc(Cl)cc1. The summed E-state index contributed by atoms with van der Waals surface area (Å²) in [5, 5.41) is 14.8. The van der Waals surface area contributed by atoms with Gasteiger partial charge in [0.25, 0.3) is 11.8 Å². The van der Waals surface area contributed by atoms with Crippen LogP contribution in [0.2, 0.25) is 5.02 Å². The summed E-state index contributed by atoms with van der Waals surface area (Å²) in [5.74, 6) is -1.50. The number of amides is 2. The second-order valence-electron chi connectivity index (χ2n) is 8.67. The average Bonchev–Trinajstić information content (AvgIpc) is 3.46. The lowest BCUT2D eigenvalue weighted by atomic mass is 9.94. The first kappa shape index (κ1) is 27.1. The molecule has 0 fully saturated rings. The van der Waals surface area contributed by atoms with Gasteiger partial charge < -0.3 is 15.3 Å². The van der Waals surface area contributed by atoms with Gasteiger partial charge >= 0.3 is 5.97 Å². The highest BCUT2D eigenvalue weighted by Gasteiger charge is 2.22. The van der Waals surface area contributed by atoms with Crippen LogP contribution in [0.25, 0.3) is 11.1 Å². The number of nitrogens with zero attached hydrogens (tertiary/aromatic N) is 1. The van der Waals surface area contributed by atoms with Gasteiger partial charge in [-0.15, -0.1) is 11.3 Å². The number of carboxylic acids is 1. The van der Waals surface area contributed by atoms with Gasteiger partial charge in [0.05, 0.1) is 6.42 Å². The highest BCUT2D eigenvalue weighted by molar-refractivity contribution is 7.09. The van der Waals surface area contributed by atoms with Crippen LogP contribution in [0.15, 0.2) is 90.3 Å². The summed E-state index contributed by atoms with van der Waals surface area (Å²) in [5.41, 5.74) is 3.02. The van der Waals surface area contributed by atoms with E-state index in [1.807, 2.05) is 53.9 Å². The molecule has 0 bridgehead atoms. The van der Waals surface area contributed by atoms with Gasteiger partial charge in [0.1, 0.15) is 0 Å². The topological polar surface area (TPSA) is 86.7 Å². The summed E-state index contributed by atoms with van der Waals surface area (Å²) in [7, 11) is 0. The van der Waals surface area contributed by atoms with Crippen LogP contribution >= 0.6 is 22.9 Å². The average molecular weight is 547 g/mol. The zero-order valence-corrected chi connectivity index (χ0v) is 22.2. The Kier molecular flexibility index (Phi) is 9.30. The lowest BCUT2D eigenvalue weighted by molar-refractivity contribution is -0.137. The maximum Gasteiger partial charge on any atom is 0.305 e. The molecule has 0 aliphatic heterocycles. The quantitative estimate of drug-likeness (QED) is 0.236. The van der Waals surface area contributed by atoms with Crippen molar-refractivity contribution in [2.45, 2.75) is 19.4 Å². The fourth-order valence-corrected chi connectivity index (χ4v) is 4.94. The molecule has 2 N–H and O–H groups in total. The van der Waals surface area contributed by atoms with Gasteiger partial charge in [0.2, 0.25) is 0 Å². The second-order valence-corrected chi connectivity index (χ2v) is 10.1. The van der Waals surface area contributed by atoms with Crippen molar-refractivity contribution in [3.63, 3.8) is 0 Å². The number of halogens is 1. The summed E-state index contributed by atoms with van der Waals surface area (Å²) in [6, 6.07) is 25.5. The van der Waals surface area contributed by atoms with Crippen LogP contribution in [0, 0.1) is 0 Å². The molecule has 0 unspecified atom stereocenters. The summed E-state index contributed by atoms with van der Waals surface area (Å²) < 4.78 is 0. The van der Waals surface area contributed by atoms with Crippen LogP contribution in [-0.2, 0) is 17.8 Å². The predicted molar refractivity (Wildman–Crippen MR) is 151 cm³/mol. The molecule has 1 aromatic heterocycles. The smallest absolute Gasteiger partial charge is 0.305 e. The van der Waals surface area contributed by atoms with Crippen LogP contribution in [0.5, 0.6) is 0 Å². The van der Waals surface area contributed by atoms with Crippen molar-refractivity contribution in [3.05, 3.63) is 117 Å². The molecule has 0 aliphatic carbocycles. The van der Waals surface area contributed by atoms with E-state index in [-0.39, 0.29) is 24.8 Å². The minimum atomic E-state index is -0.963. The Bertz CT molecular complexity index is 1400. The second kappa shape index (κ2) is 13.0. The molecule has 2 amide bonds. The first-order valence-corrected chi connectivity index (χ1v) is 13.4. The Morgan fingerprint density at radius 2 is 1.47 bits per heavy atom. The molecule has 0 radical (unpaired) electrons. The molecular weight excluding hydrogens is 520 g/mol. The van der Waals surface area contributed by atoms with E-state index in [1.54, 1.807) is 52.6 Å². The fraction of sp³-hybridized carbons (Fsp3) is 0.167. The lowest BCUT2D eigenvalue weighted by Gasteiger charge is -2.23. The summed E-state index contributed by atoms with van der Waals surface area (Å²) in [6.45, 7) is 0.817. The van der Waals surface area contributed by atoms with Crippen LogP contribution in [0.4, 0.5) is 0 Å². The molecule has 38 heavy (non-hydrogen) atoms. The van der Waals surface area contributed by atoms with Gasteiger partial charge in [-0.2, -0.15) is 0 Å². The summed E-state index contributed by atoms with van der Waals surface area (Å²) in [6.07, 6.45) is 0.483. The fourth-order valence-electron chi connectivity index (χ4n) is 4.12. The maximum atomic E-state index is 13.8. The van der Waals surface area contributed by atoms with Crippen molar-refractivity contribution in [2.24, 2.45) is 0 Å². The van der Waals surface area contributed by atoms with E-state index in [2.05, 4.69) is 5.32 Å². The van der Waals surface area contributed by atoms with Crippen LogP contribution < -0.4 is 5.32 Å². The zero-order chi connectivity index (χ0) is 26.9. The van der Waals surface area contributed by atoms with E-state index in [9.17, 15) is 19.5 Å².